The Morgan fingerprint density at radius 1 is 1.39 bits per heavy atom. The molecule has 7 heteroatoms. The first-order chi connectivity index (χ1) is 8.45. The zero-order valence-corrected chi connectivity index (χ0v) is 9.58. The molecule has 0 unspecified atom stereocenters. The zero-order chi connectivity index (χ0) is 13.7. The smallest absolute Gasteiger partial charge is 0.311 e. The van der Waals surface area contributed by atoms with Crippen LogP contribution in [0.5, 0.6) is 5.75 Å². The zero-order valence-electron chi connectivity index (χ0n) is 9.58. The monoisotopic (exact) mass is 253 g/mol. The van der Waals surface area contributed by atoms with E-state index in [0.29, 0.717) is 0 Å². The molecular weight excluding hydrogens is 242 g/mol. The lowest BCUT2D eigenvalue weighted by molar-refractivity contribution is -0.385. The Bertz CT molecular complexity index is 496. The highest BCUT2D eigenvalue weighted by molar-refractivity contribution is 5.98. The average molecular weight is 253 g/mol. The van der Waals surface area contributed by atoms with E-state index in [1.54, 1.807) is 0 Å². The van der Waals surface area contributed by atoms with Gasteiger partial charge in [-0.1, -0.05) is 0 Å². The molecule has 7 nitrogen and oxygen atoms in total. The Labute approximate surface area is 102 Å². The van der Waals surface area contributed by atoms with Gasteiger partial charge in [-0.05, 0) is 12.1 Å². The minimum Gasteiger partial charge on any atom is -0.490 e. The van der Waals surface area contributed by atoms with Crippen LogP contribution < -0.4 is 4.74 Å². The van der Waals surface area contributed by atoms with Gasteiger partial charge in [-0.3, -0.25) is 19.7 Å². The normalized spacial score (nSPS) is 9.83. The van der Waals surface area contributed by atoms with Gasteiger partial charge in [0.05, 0.1) is 18.5 Å². The summed E-state index contributed by atoms with van der Waals surface area (Å²) in [5.41, 5.74) is -0.220. The Morgan fingerprint density at radius 3 is 2.56 bits per heavy atom. The van der Waals surface area contributed by atoms with Crippen LogP contribution in [0, 0.1) is 10.1 Å². The molecule has 0 aliphatic rings. The Balaban J connectivity index is 2.97. The highest BCUT2D eigenvalue weighted by Crippen LogP contribution is 2.28. The highest BCUT2D eigenvalue weighted by Gasteiger charge is 2.18. The number of benzene rings is 1. The van der Waals surface area contributed by atoms with Crippen LogP contribution in [0.3, 0.4) is 0 Å². The maximum atomic E-state index is 11.6. The average Bonchev–Trinajstić information content (AvgIpc) is 2.34. The SMILES string of the molecule is COc1ccc(C(=O)CCC(=O)O)cc1[N+](=O)[O-]. The molecule has 1 aromatic carbocycles. The maximum absolute atomic E-state index is 11.6. The van der Waals surface area contributed by atoms with Crippen molar-refractivity contribution in [3.63, 3.8) is 0 Å². The van der Waals surface area contributed by atoms with Crippen molar-refractivity contribution in [2.45, 2.75) is 12.8 Å². The molecule has 0 spiro atoms. The van der Waals surface area contributed by atoms with Gasteiger partial charge in [-0.15, -0.1) is 0 Å². The molecule has 1 aromatic rings. The molecule has 18 heavy (non-hydrogen) atoms. The lowest BCUT2D eigenvalue weighted by Gasteiger charge is -2.03. The van der Waals surface area contributed by atoms with Crippen molar-refractivity contribution in [1.29, 1.82) is 0 Å². The van der Waals surface area contributed by atoms with E-state index in [1.165, 1.54) is 19.2 Å². The summed E-state index contributed by atoms with van der Waals surface area (Å²) in [7, 11) is 1.29. The van der Waals surface area contributed by atoms with Crippen molar-refractivity contribution < 1.29 is 24.4 Å². The maximum Gasteiger partial charge on any atom is 0.311 e. The van der Waals surface area contributed by atoms with Gasteiger partial charge < -0.3 is 9.84 Å². The van der Waals surface area contributed by atoms with E-state index >= 15 is 0 Å². The van der Waals surface area contributed by atoms with Crippen molar-refractivity contribution in [3.05, 3.63) is 33.9 Å². The van der Waals surface area contributed by atoms with E-state index in [9.17, 15) is 19.7 Å². The molecule has 0 bridgehead atoms. The lowest BCUT2D eigenvalue weighted by Crippen LogP contribution is -2.05. The number of ketones is 1. The van der Waals surface area contributed by atoms with Gasteiger partial charge in [0.2, 0.25) is 0 Å². The molecule has 0 aromatic heterocycles. The predicted octanol–water partition coefficient (Wildman–Crippen LogP) is 1.65. The van der Waals surface area contributed by atoms with E-state index in [1.807, 2.05) is 0 Å². The number of nitrogens with zero attached hydrogens (tertiary/aromatic N) is 1. The molecule has 0 atom stereocenters. The lowest BCUT2D eigenvalue weighted by atomic mass is 10.1. The van der Waals surface area contributed by atoms with Crippen LogP contribution in [-0.4, -0.2) is 28.9 Å². The molecule has 0 heterocycles. The largest absolute Gasteiger partial charge is 0.490 e. The number of hydrogen-bond acceptors (Lipinski definition) is 5. The number of hydrogen-bond donors (Lipinski definition) is 1. The minimum absolute atomic E-state index is 0.0507. The molecule has 1 N–H and O–H groups in total. The Hall–Kier alpha value is -2.44. The number of nitro benzene ring substituents is 1. The second-order valence-corrected chi connectivity index (χ2v) is 3.46. The van der Waals surface area contributed by atoms with Crippen molar-refractivity contribution in [2.75, 3.05) is 7.11 Å². The summed E-state index contributed by atoms with van der Waals surface area (Å²) in [4.78, 5) is 32.0. The number of carbonyl (C=O) groups is 2. The molecule has 0 radical (unpaired) electrons. The highest BCUT2D eigenvalue weighted by atomic mass is 16.6. The Morgan fingerprint density at radius 2 is 2.06 bits per heavy atom. The van der Waals surface area contributed by atoms with Crippen LogP contribution in [0.2, 0.25) is 0 Å². The molecule has 0 amide bonds. The molecular formula is C11H11NO6. The van der Waals surface area contributed by atoms with Crippen LogP contribution in [0.25, 0.3) is 0 Å². The van der Waals surface area contributed by atoms with E-state index < -0.39 is 16.7 Å². The van der Waals surface area contributed by atoms with E-state index in [0.717, 1.165) is 6.07 Å². The van der Waals surface area contributed by atoms with Crippen molar-refractivity contribution in [2.24, 2.45) is 0 Å². The quantitative estimate of drug-likeness (QED) is 0.469. The summed E-state index contributed by atoms with van der Waals surface area (Å²) in [5, 5.41) is 19.2. The third-order valence-electron chi connectivity index (χ3n) is 2.26. The number of aliphatic carboxylic acids is 1. The van der Waals surface area contributed by atoms with Crippen molar-refractivity contribution in [1.82, 2.24) is 0 Å². The first-order valence-electron chi connectivity index (χ1n) is 5.03. The van der Waals surface area contributed by atoms with Gasteiger partial charge in [0.1, 0.15) is 0 Å². The molecule has 0 fully saturated rings. The van der Waals surface area contributed by atoms with Gasteiger partial charge in [0.15, 0.2) is 11.5 Å². The van der Waals surface area contributed by atoms with Gasteiger partial charge in [0, 0.05) is 18.1 Å². The number of carboxylic acid groups (broad SMARTS) is 1. The third kappa shape index (κ3) is 3.27. The van der Waals surface area contributed by atoms with Crippen molar-refractivity contribution in [3.8, 4) is 5.75 Å². The summed E-state index contributed by atoms with van der Waals surface area (Å²) in [6, 6.07) is 3.77. The Kier molecular flexibility index (Phi) is 4.36. The second kappa shape index (κ2) is 5.76. The molecule has 96 valence electrons. The summed E-state index contributed by atoms with van der Waals surface area (Å²) >= 11 is 0. The van der Waals surface area contributed by atoms with Crippen LogP contribution in [0.4, 0.5) is 5.69 Å². The fourth-order valence-electron chi connectivity index (χ4n) is 1.37. The summed E-state index contributed by atoms with van der Waals surface area (Å²) in [6.07, 6.45) is -0.503. The number of nitro groups is 1. The molecule has 1 rings (SSSR count). The topological polar surface area (TPSA) is 107 Å². The van der Waals surface area contributed by atoms with E-state index in [-0.39, 0.29) is 29.8 Å². The first-order valence-corrected chi connectivity index (χ1v) is 5.03. The summed E-state index contributed by atoms with van der Waals surface area (Å²) in [5.74, 6) is -1.50. The molecule has 0 aliphatic carbocycles. The van der Waals surface area contributed by atoms with Crippen LogP contribution >= 0.6 is 0 Å². The van der Waals surface area contributed by atoms with Crippen LogP contribution in [-0.2, 0) is 4.79 Å². The number of carbonyl (C=O) groups excluding carboxylic acids is 1. The van der Waals surface area contributed by atoms with Gasteiger partial charge in [-0.25, -0.2) is 0 Å². The fraction of sp³-hybridized carbons (Fsp3) is 0.273. The number of ether oxygens (including phenoxy) is 1. The summed E-state index contributed by atoms with van der Waals surface area (Å²) in [6.45, 7) is 0. The minimum atomic E-state index is -1.09. The van der Waals surface area contributed by atoms with Crippen molar-refractivity contribution >= 4 is 17.4 Å². The van der Waals surface area contributed by atoms with E-state index in [4.69, 9.17) is 9.84 Å². The number of rotatable bonds is 6. The van der Waals surface area contributed by atoms with Gasteiger partial charge in [0.25, 0.3) is 0 Å². The predicted molar refractivity (Wildman–Crippen MR) is 60.8 cm³/mol. The molecule has 0 saturated carbocycles. The van der Waals surface area contributed by atoms with Crippen LogP contribution in [0.15, 0.2) is 18.2 Å². The standard InChI is InChI=1S/C11H11NO6/c1-18-10-4-2-7(6-8(10)12(16)17)9(13)3-5-11(14)15/h2,4,6H,3,5H2,1H3,(H,14,15). The first kappa shape index (κ1) is 13.6. The van der Waals surface area contributed by atoms with Gasteiger partial charge >= 0.3 is 11.7 Å². The molecule has 0 aliphatic heterocycles. The molecule has 0 saturated heterocycles. The summed E-state index contributed by atoms with van der Waals surface area (Å²) < 4.78 is 4.79. The second-order valence-electron chi connectivity index (χ2n) is 3.46. The fourth-order valence-corrected chi connectivity index (χ4v) is 1.37. The number of methoxy groups -OCH3 is 1. The van der Waals surface area contributed by atoms with E-state index in [2.05, 4.69) is 0 Å². The third-order valence-corrected chi connectivity index (χ3v) is 2.26. The van der Waals surface area contributed by atoms with Crippen LogP contribution in [0.1, 0.15) is 23.2 Å². The number of Topliss-reactive ketones (excluding diaryl/α,β-unsaturated/α-hetero) is 1. The van der Waals surface area contributed by atoms with Gasteiger partial charge in [-0.2, -0.15) is 0 Å². The number of carboxylic acids is 1.